The molecule has 0 spiro atoms. The molecule has 0 rings (SSSR count). The Balaban J connectivity index is 4.97. The molecule has 0 aromatic carbocycles. The number of nitrogens with one attached hydrogen (secondary N) is 1. The number of hydrogen-bond acceptors (Lipinski definition) is 6. The van der Waals surface area contributed by atoms with E-state index in [9.17, 15) is 22.8 Å². The Labute approximate surface area is 103 Å². The fourth-order valence-electron chi connectivity index (χ4n) is 0.974. The van der Waals surface area contributed by atoms with Crippen LogP contribution in [0.2, 0.25) is 0 Å². The Hall–Kier alpha value is -1.68. The molecule has 104 valence electrons. The molecule has 1 amide bonds. The van der Waals surface area contributed by atoms with Crippen LogP contribution in [-0.2, 0) is 29.1 Å². The number of sulfonamides is 1. The predicted octanol–water partition coefficient (Wildman–Crippen LogP) is -2.20. The van der Waals surface area contributed by atoms with E-state index < -0.39 is 45.6 Å². The van der Waals surface area contributed by atoms with Gasteiger partial charge in [-0.25, -0.2) is 8.42 Å². The molecule has 2 atom stereocenters. The standard InChI is InChI=1S/C8H14N2O7S/c1-4(8(14)17-2)18(15,16)10-5(7(12)13)3-6(9)11/h4-5,10H,3H2,1-2H3,(H2,9,11)(H,12,13)/t4?,5-/m1/s1. The van der Waals surface area contributed by atoms with E-state index in [4.69, 9.17) is 10.8 Å². The number of carbonyl (C=O) groups excluding carboxylic acids is 2. The molecule has 4 N–H and O–H groups in total. The van der Waals surface area contributed by atoms with Crippen molar-refractivity contribution in [1.29, 1.82) is 0 Å². The summed E-state index contributed by atoms with van der Waals surface area (Å²) in [4.78, 5) is 32.4. The van der Waals surface area contributed by atoms with E-state index in [1.807, 2.05) is 0 Å². The first-order valence-electron chi connectivity index (χ1n) is 4.72. The van der Waals surface area contributed by atoms with Crippen molar-refractivity contribution in [3.63, 3.8) is 0 Å². The second-order valence-electron chi connectivity index (χ2n) is 3.39. The molecule has 0 aliphatic rings. The van der Waals surface area contributed by atoms with Crippen molar-refractivity contribution in [2.45, 2.75) is 24.6 Å². The number of methoxy groups -OCH3 is 1. The average Bonchev–Trinajstić information content (AvgIpc) is 2.24. The first kappa shape index (κ1) is 16.3. The third kappa shape index (κ3) is 4.67. The highest BCUT2D eigenvalue weighted by Crippen LogP contribution is 2.04. The lowest BCUT2D eigenvalue weighted by Gasteiger charge is -2.16. The van der Waals surface area contributed by atoms with Crippen LogP contribution in [-0.4, -0.2) is 49.8 Å². The minimum Gasteiger partial charge on any atom is -0.480 e. The van der Waals surface area contributed by atoms with Crippen LogP contribution in [0.25, 0.3) is 0 Å². The highest BCUT2D eigenvalue weighted by Gasteiger charge is 2.33. The number of aliphatic carboxylic acids is 1. The molecule has 0 radical (unpaired) electrons. The van der Waals surface area contributed by atoms with E-state index in [0.29, 0.717) is 0 Å². The van der Waals surface area contributed by atoms with Gasteiger partial charge in [0.2, 0.25) is 15.9 Å². The molecule has 0 saturated carbocycles. The van der Waals surface area contributed by atoms with Crippen LogP contribution in [0.1, 0.15) is 13.3 Å². The SMILES string of the molecule is COC(=O)C(C)S(=O)(=O)N[C@H](CC(N)=O)C(=O)O. The van der Waals surface area contributed by atoms with Crippen LogP contribution in [0, 0.1) is 0 Å². The van der Waals surface area contributed by atoms with Crippen LogP contribution in [0.3, 0.4) is 0 Å². The first-order chi connectivity index (χ1) is 8.11. The molecule has 0 fully saturated rings. The zero-order valence-corrected chi connectivity index (χ0v) is 10.6. The van der Waals surface area contributed by atoms with E-state index in [-0.39, 0.29) is 0 Å². The van der Waals surface area contributed by atoms with E-state index in [1.165, 1.54) is 0 Å². The lowest BCUT2D eigenvalue weighted by molar-refractivity contribution is -0.141. The first-order valence-corrected chi connectivity index (χ1v) is 6.26. The number of carboxylic acids is 1. The molecule has 1 unspecified atom stereocenters. The lowest BCUT2D eigenvalue weighted by atomic mass is 10.2. The monoisotopic (exact) mass is 282 g/mol. The topological polar surface area (TPSA) is 153 Å². The fraction of sp³-hybridized carbons (Fsp3) is 0.625. The number of ether oxygens (including phenoxy) is 1. The maximum absolute atomic E-state index is 11.6. The third-order valence-corrected chi connectivity index (χ3v) is 3.74. The Morgan fingerprint density at radius 1 is 1.39 bits per heavy atom. The number of rotatable bonds is 7. The molecule has 0 aromatic heterocycles. The number of carbonyl (C=O) groups is 3. The van der Waals surface area contributed by atoms with Crippen LogP contribution in [0.15, 0.2) is 0 Å². The molecule has 0 aliphatic carbocycles. The van der Waals surface area contributed by atoms with Crippen LogP contribution >= 0.6 is 0 Å². The highest BCUT2D eigenvalue weighted by molar-refractivity contribution is 7.90. The molecule has 10 heteroatoms. The number of amides is 1. The molecule has 9 nitrogen and oxygen atoms in total. The molecule has 0 aliphatic heterocycles. The van der Waals surface area contributed by atoms with Crippen molar-refractivity contribution in [2.75, 3.05) is 7.11 Å². The van der Waals surface area contributed by atoms with Gasteiger partial charge in [-0.2, -0.15) is 4.72 Å². The Kier molecular flexibility index (Phi) is 5.72. The number of esters is 1. The summed E-state index contributed by atoms with van der Waals surface area (Å²) in [5, 5.41) is 7.11. The van der Waals surface area contributed by atoms with Gasteiger partial charge in [-0.15, -0.1) is 0 Å². The second-order valence-corrected chi connectivity index (χ2v) is 5.42. The largest absolute Gasteiger partial charge is 0.480 e. The minimum atomic E-state index is -4.27. The zero-order chi connectivity index (χ0) is 14.5. The van der Waals surface area contributed by atoms with E-state index >= 15 is 0 Å². The molecule has 18 heavy (non-hydrogen) atoms. The summed E-state index contributed by atoms with van der Waals surface area (Å²) in [5.74, 6) is -3.61. The Morgan fingerprint density at radius 3 is 2.22 bits per heavy atom. The van der Waals surface area contributed by atoms with Crippen LogP contribution < -0.4 is 10.5 Å². The molecule has 0 heterocycles. The van der Waals surface area contributed by atoms with Crippen molar-refractivity contribution in [3.05, 3.63) is 0 Å². The summed E-state index contributed by atoms with van der Waals surface area (Å²) < 4.78 is 29.1. The number of hydrogen-bond donors (Lipinski definition) is 3. The van der Waals surface area contributed by atoms with Gasteiger partial charge in [-0.1, -0.05) is 0 Å². The molecule has 0 bridgehead atoms. The van der Waals surface area contributed by atoms with Gasteiger partial charge in [0.25, 0.3) is 0 Å². The van der Waals surface area contributed by atoms with Gasteiger partial charge in [-0.3, -0.25) is 14.4 Å². The molecular formula is C8H14N2O7S. The number of carboxylic acid groups (broad SMARTS) is 1. The summed E-state index contributed by atoms with van der Waals surface area (Å²) >= 11 is 0. The Bertz CT molecular complexity index is 444. The lowest BCUT2D eigenvalue weighted by Crippen LogP contribution is -2.48. The average molecular weight is 282 g/mol. The highest BCUT2D eigenvalue weighted by atomic mass is 32.2. The van der Waals surface area contributed by atoms with Crippen molar-refractivity contribution in [2.24, 2.45) is 5.73 Å². The minimum absolute atomic E-state index is 0.720. The van der Waals surface area contributed by atoms with E-state index in [0.717, 1.165) is 14.0 Å². The van der Waals surface area contributed by atoms with Gasteiger partial charge in [0.1, 0.15) is 6.04 Å². The van der Waals surface area contributed by atoms with Gasteiger partial charge >= 0.3 is 11.9 Å². The summed E-state index contributed by atoms with van der Waals surface area (Å²) in [7, 11) is -3.28. The van der Waals surface area contributed by atoms with Crippen molar-refractivity contribution in [3.8, 4) is 0 Å². The van der Waals surface area contributed by atoms with Gasteiger partial charge in [0.05, 0.1) is 13.5 Å². The maximum atomic E-state index is 11.6. The maximum Gasteiger partial charge on any atom is 0.325 e. The Morgan fingerprint density at radius 2 is 1.89 bits per heavy atom. The summed E-state index contributed by atoms with van der Waals surface area (Å²) in [6.45, 7) is 1.03. The summed E-state index contributed by atoms with van der Waals surface area (Å²) in [5.41, 5.74) is 4.78. The number of nitrogens with two attached hydrogens (primary N) is 1. The van der Waals surface area contributed by atoms with Gasteiger partial charge in [0.15, 0.2) is 5.25 Å². The van der Waals surface area contributed by atoms with Crippen molar-refractivity contribution in [1.82, 2.24) is 4.72 Å². The van der Waals surface area contributed by atoms with Crippen LogP contribution in [0.4, 0.5) is 0 Å². The third-order valence-electron chi connectivity index (χ3n) is 2.01. The molecule has 0 saturated heterocycles. The van der Waals surface area contributed by atoms with Crippen LogP contribution in [0.5, 0.6) is 0 Å². The van der Waals surface area contributed by atoms with Gasteiger partial charge < -0.3 is 15.6 Å². The van der Waals surface area contributed by atoms with Gasteiger partial charge in [-0.05, 0) is 6.92 Å². The molecular weight excluding hydrogens is 268 g/mol. The molecule has 0 aromatic rings. The quantitative estimate of drug-likeness (QED) is 0.447. The second kappa shape index (κ2) is 6.31. The summed E-state index contributed by atoms with van der Waals surface area (Å²) in [6, 6.07) is -1.72. The van der Waals surface area contributed by atoms with E-state index in [1.54, 1.807) is 4.72 Å². The van der Waals surface area contributed by atoms with Crippen molar-refractivity contribution >= 4 is 27.9 Å². The van der Waals surface area contributed by atoms with E-state index in [2.05, 4.69) is 4.74 Å². The predicted molar refractivity (Wildman–Crippen MR) is 58.8 cm³/mol. The summed E-state index contributed by atoms with van der Waals surface area (Å²) in [6.07, 6.45) is -0.720. The smallest absolute Gasteiger partial charge is 0.325 e. The zero-order valence-electron chi connectivity index (χ0n) is 9.74. The van der Waals surface area contributed by atoms with Crippen molar-refractivity contribution < 1.29 is 32.6 Å². The number of primary amides is 1. The normalized spacial score (nSPS) is 14.6. The fourth-order valence-corrected chi connectivity index (χ4v) is 2.11. The van der Waals surface area contributed by atoms with Gasteiger partial charge in [0, 0.05) is 0 Å².